The minimum atomic E-state index is -0.805. The van der Waals surface area contributed by atoms with E-state index in [-0.39, 0.29) is 0 Å². The number of imidazole rings is 1. The molecule has 0 spiro atoms. The Hall–Kier alpha value is -3.10. The molecule has 0 saturated carbocycles. The first-order valence-electron chi connectivity index (χ1n) is 8.50. The van der Waals surface area contributed by atoms with E-state index in [9.17, 15) is 10.4 Å². The second kappa shape index (κ2) is 6.01. The zero-order valence-electron chi connectivity index (χ0n) is 14.6. The average molecular weight is 345 g/mol. The van der Waals surface area contributed by atoms with Gasteiger partial charge in [-0.25, -0.2) is 4.98 Å². The van der Waals surface area contributed by atoms with Gasteiger partial charge in [0.15, 0.2) is 0 Å². The molecule has 130 valence electrons. The zero-order valence-corrected chi connectivity index (χ0v) is 14.6. The summed E-state index contributed by atoms with van der Waals surface area (Å²) in [6.45, 7) is 3.73. The molecule has 0 radical (unpaired) electrons. The highest BCUT2D eigenvalue weighted by atomic mass is 16.5. The quantitative estimate of drug-likeness (QED) is 0.771. The molecule has 0 aliphatic carbocycles. The van der Waals surface area contributed by atoms with Crippen LogP contribution in [0, 0.1) is 11.3 Å². The number of aromatic nitrogens is 2. The van der Waals surface area contributed by atoms with Gasteiger partial charge in [0, 0.05) is 23.5 Å². The van der Waals surface area contributed by atoms with Crippen LogP contribution in [0.4, 0.5) is 0 Å². The van der Waals surface area contributed by atoms with Gasteiger partial charge in [-0.05, 0) is 32.0 Å². The molecule has 2 aromatic carbocycles. The summed E-state index contributed by atoms with van der Waals surface area (Å²) in [5.74, 6) is 1.44. The van der Waals surface area contributed by atoms with Gasteiger partial charge in [0.25, 0.3) is 0 Å². The van der Waals surface area contributed by atoms with Crippen molar-refractivity contribution in [3.63, 3.8) is 0 Å². The Morgan fingerprint density at radius 2 is 1.96 bits per heavy atom. The van der Waals surface area contributed by atoms with Crippen molar-refractivity contribution in [2.24, 2.45) is 0 Å². The molecule has 1 aliphatic heterocycles. The molecular formula is C21H19N3O2. The van der Waals surface area contributed by atoms with E-state index in [1.54, 1.807) is 24.4 Å². The Balaban J connectivity index is 1.92. The maximum absolute atomic E-state index is 11.1. The van der Waals surface area contributed by atoms with Crippen molar-refractivity contribution in [1.29, 1.82) is 5.26 Å². The number of aliphatic hydroxyl groups excluding tert-OH is 1. The SMILES string of the molecule is CC1(C)Oc2ccc(C#N)cc2C(n2ccnc2-c2ccccc2)C1O. The second-order valence-corrected chi connectivity index (χ2v) is 6.98. The van der Waals surface area contributed by atoms with Gasteiger partial charge >= 0.3 is 0 Å². The predicted molar refractivity (Wildman–Crippen MR) is 97.7 cm³/mol. The van der Waals surface area contributed by atoms with Gasteiger partial charge in [0.05, 0.1) is 17.7 Å². The molecule has 0 bridgehead atoms. The van der Waals surface area contributed by atoms with Gasteiger partial charge in [0.1, 0.15) is 23.3 Å². The first kappa shape index (κ1) is 16.4. The van der Waals surface area contributed by atoms with Crippen molar-refractivity contribution < 1.29 is 9.84 Å². The zero-order chi connectivity index (χ0) is 18.3. The predicted octanol–water partition coefficient (Wildman–Crippen LogP) is 3.54. The fourth-order valence-electron chi connectivity index (χ4n) is 3.49. The summed E-state index contributed by atoms with van der Waals surface area (Å²) in [7, 11) is 0. The maximum Gasteiger partial charge on any atom is 0.140 e. The summed E-state index contributed by atoms with van der Waals surface area (Å²) in [6, 6.07) is 16.9. The number of fused-ring (bicyclic) bond motifs is 1. The van der Waals surface area contributed by atoms with Crippen molar-refractivity contribution in [1.82, 2.24) is 9.55 Å². The lowest BCUT2D eigenvalue weighted by molar-refractivity contribution is -0.0634. The van der Waals surface area contributed by atoms with Gasteiger partial charge < -0.3 is 14.4 Å². The van der Waals surface area contributed by atoms with E-state index < -0.39 is 17.7 Å². The Labute approximate surface area is 152 Å². The molecule has 3 aromatic rings. The highest BCUT2D eigenvalue weighted by Crippen LogP contribution is 2.43. The molecule has 5 heteroatoms. The fourth-order valence-corrected chi connectivity index (χ4v) is 3.49. The summed E-state index contributed by atoms with van der Waals surface area (Å²) in [5, 5.41) is 20.4. The average Bonchev–Trinajstić information content (AvgIpc) is 3.12. The third-order valence-electron chi connectivity index (χ3n) is 4.84. The first-order chi connectivity index (χ1) is 12.5. The lowest BCUT2D eigenvalue weighted by Gasteiger charge is -2.43. The molecule has 0 amide bonds. The van der Waals surface area contributed by atoms with Crippen LogP contribution in [0.3, 0.4) is 0 Å². The van der Waals surface area contributed by atoms with Crippen LogP contribution < -0.4 is 4.74 Å². The summed E-state index contributed by atoms with van der Waals surface area (Å²) in [6.07, 6.45) is 2.78. The highest BCUT2D eigenvalue weighted by Gasteiger charge is 2.44. The molecular weight excluding hydrogens is 326 g/mol. The van der Waals surface area contributed by atoms with E-state index >= 15 is 0 Å². The van der Waals surface area contributed by atoms with Gasteiger partial charge in [-0.1, -0.05) is 30.3 Å². The van der Waals surface area contributed by atoms with Crippen LogP contribution in [0.15, 0.2) is 60.9 Å². The molecule has 2 unspecified atom stereocenters. The van der Waals surface area contributed by atoms with Crippen molar-refractivity contribution in [3.05, 3.63) is 72.1 Å². The molecule has 4 rings (SSSR count). The van der Waals surface area contributed by atoms with Gasteiger partial charge in [0.2, 0.25) is 0 Å². The van der Waals surface area contributed by atoms with Crippen molar-refractivity contribution >= 4 is 0 Å². The van der Waals surface area contributed by atoms with Crippen LogP contribution >= 0.6 is 0 Å². The summed E-state index contributed by atoms with van der Waals surface area (Å²) >= 11 is 0. The minimum Gasteiger partial charge on any atom is -0.485 e. The Morgan fingerprint density at radius 3 is 2.69 bits per heavy atom. The highest BCUT2D eigenvalue weighted by molar-refractivity contribution is 5.57. The van der Waals surface area contributed by atoms with E-state index in [0.29, 0.717) is 11.3 Å². The van der Waals surface area contributed by atoms with Crippen molar-refractivity contribution in [2.45, 2.75) is 31.6 Å². The van der Waals surface area contributed by atoms with E-state index in [1.807, 2.05) is 54.9 Å². The number of rotatable bonds is 2. The number of ether oxygens (including phenoxy) is 1. The topological polar surface area (TPSA) is 71.1 Å². The molecule has 0 saturated heterocycles. The Morgan fingerprint density at radius 1 is 1.19 bits per heavy atom. The van der Waals surface area contributed by atoms with Crippen molar-refractivity contribution in [2.75, 3.05) is 0 Å². The van der Waals surface area contributed by atoms with Crippen molar-refractivity contribution in [3.8, 4) is 23.2 Å². The van der Waals surface area contributed by atoms with Gasteiger partial charge in [-0.2, -0.15) is 5.26 Å². The summed E-state index contributed by atoms with van der Waals surface area (Å²) in [4.78, 5) is 4.51. The monoisotopic (exact) mass is 345 g/mol. The third-order valence-corrected chi connectivity index (χ3v) is 4.84. The van der Waals surface area contributed by atoms with E-state index in [2.05, 4.69) is 11.1 Å². The number of hydrogen-bond donors (Lipinski definition) is 1. The number of nitrogens with zero attached hydrogens (tertiary/aromatic N) is 3. The molecule has 0 fully saturated rings. The van der Waals surface area contributed by atoms with Crippen LogP contribution in [0.2, 0.25) is 0 Å². The summed E-state index contributed by atoms with van der Waals surface area (Å²) < 4.78 is 7.97. The first-order valence-corrected chi connectivity index (χ1v) is 8.50. The van der Waals surface area contributed by atoms with E-state index in [1.165, 1.54) is 0 Å². The van der Waals surface area contributed by atoms with Crippen LogP contribution in [0.5, 0.6) is 5.75 Å². The normalized spacial score (nSPS) is 20.7. The Bertz CT molecular complexity index is 986. The van der Waals surface area contributed by atoms with E-state index in [4.69, 9.17) is 4.74 Å². The smallest absolute Gasteiger partial charge is 0.140 e. The van der Waals surface area contributed by atoms with Gasteiger partial charge in [-0.15, -0.1) is 0 Å². The molecule has 1 N–H and O–H groups in total. The van der Waals surface area contributed by atoms with Crippen LogP contribution in [0.1, 0.15) is 31.0 Å². The lowest BCUT2D eigenvalue weighted by atomic mass is 9.85. The van der Waals surface area contributed by atoms with Crippen LogP contribution in [0.25, 0.3) is 11.4 Å². The molecule has 1 aromatic heterocycles. The standard InChI is InChI=1S/C21H19N3O2/c1-21(2)19(25)18(16-12-14(13-22)8-9-17(16)26-21)24-11-10-23-20(24)15-6-4-3-5-7-15/h3-12,18-19,25H,1-2H3. The molecule has 5 nitrogen and oxygen atoms in total. The summed E-state index contributed by atoms with van der Waals surface area (Å²) in [5.41, 5.74) is 1.51. The van der Waals surface area contributed by atoms with E-state index in [0.717, 1.165) is 17.0 Å². The number of nitriles is 1. The number of hydrogen-bond acceptors (Lipinski definition) is 4. The third kappa shape index (κ3) is 2.56. The molecule has 2 atom stereocenters. The number of aliphatic hydroxyl groups is 1. The fraction of sp³-hybridized carbons (Fsp3) is 0.238. The molecule has 1 aliphatic rings. The maximum atomic E-state index is 11.1. The van der Waals surface area contributed by atoms with Crippen LogP contribution in [-0.4, -0.2) is 26.4 Å². The lowest BCUT2D eigenvalue weighted by Crippen LogP contribution is -2.50. The second-order valence-electron chi connectivity index (χ2n) is 6.98. The van der Waals surface area contributed by atoms with Crippen LogP contribution in [-0.2, 0) is 0 Å². The largest absolute Gasteiger partial charge is 0.485 e. The van der Waals surface area contributed by atoms with Gasteiger partial charge in [-0.3, -0.25) is 0 Å². The molecule has 26 heavy (non-hydrogen) atoms. The Kier molecular flexibility index (Phi) is 3.78. The number of benzene rings is 2. The molecule has 2 heterocycles. The minimum absolute atomic E-state index is 0.403.